The molecule has 0 bridgehead atoms. The Kier molecular flexibility index (Phi) is 4.82. The Bertz CT molecular complexity index is 875. The Morgan fingerprint density at radius 3 is 2.96 bits per heavy atom. The minimum atomic E-state index is -0.482. The molecule has 0 spiro atoms. The van der Waals surface area contributed by atoms with Crippen molar-refractivity contribution in [3.63, 3.8) is 0 Å². The van der Waals surface area contributed by atoms with E-state index in [1.807, 2.05) is 37.6 Å². The van der Waals surface area contributed by atoms with Crippen molar-refractivity contribution < 1.29 is 9.53 Å². The standard InChI is InChI=1S/C16H15ClN4O2S/c1-21-9-12(8-19-21)11-5-3-4-10(6-11)7-18-16-20-14(17)13(24-16)15(22)23-2/h3-6,8-9H,7H2,1-2H3,(H,18,20). The number of anilines is 1. The number of carbonyl (C=O) groups excluding carboxylic acids is 1. The number of nitrogens with zero attached hydrogens (tertiary/aromatic N) is 3. The Labute approximate surface area is 148 Å². The molecule has 0 aliphatic heterocycles. The summed E-state index contributed by atoms with van der Waals surface area (Å²) in [6.07, 6.45) is 3.80. The van der Waals surface area contributed by atoms with Gasteiger partial charge in [-0.25, -0.2) is 9.78 Å². The molecule has 2 heterocycles. The zero-order chi connectivity index (χ0) is 17.1. The van der Waals surface area contributed by atoms with Crippen LogP contribution in [-0.2, 0) is 18.3 Å². The van der Waals surface area contributed by atoms with Gasteiger partial charge in [-0.15, -0.1) is 0 Å². The number of aromatic nitrogens is 3. The lowest BCUT2D eigenvalue weighted by atomic mass is 10.1. The molecule has 0 atom stereocenters. The van der Waals surface area contributed by atoms with E-state index in [9.17, 15) is 4.79 Å². The Hall–Kier alpha value is -2.38. The predicted molar refractivity (Wildman–Crippen MR) is 94.4 cm³/mol. The predicted octanol–water partition coefficient (Wildman–Crippen LogP) is 3.60. The monoisotopic (exact) mass is 362 g/mol. The molecule has 0 aliphatic carbocycles. The fourth-order valence-corrected chi connectivity index (χ4v) is 3.30. The number of nitrogens with one attached hydrogen (secondary N) is 1. The molecule has 3 rings (SSSR count). The molecule has 3 aromatic rings. The third kappa shape index (κ3) is 3.58. The highest BCUT2D eigenvalue weighted by atomic mass is 35.5. The first kappa shape index (κ1) is 16.5. The molecule has 1 N–H and O–H groups in total. The lowest BCUT2D eigenvalue weighted by Gasteiger charge is -2.05. The molecule has 124 valence electrons. The van der Waals surface area contributed by atoms with Gasteiger partial charge in [0.2, 0.25) is 0 Å². The summed E-state index contributed by atoms with van der Waals surface area (Å²) in [7, 11) is 3.20. The van der Waals surface area contributed by atoms with Crippen LogP contribution in [0.1, 0.15) is 15.2 Å². The number of halogens is 1. The molecule has 1 aromatic carbocycles. The van der Waals surface area contributed by atoms with E-state index in [0.717, 1.165) is 16.7 Å². The second-order valence-corrected chi connectivity index (χ2v) is 6.44. The molecule has 8 heteroatoms. The van der Waals surface area contributed by atoms with Crippen LogP contribution in [-0.4, -0.2) is 27.8 Å². The van der Waals surface area contributed by atoms with Crippen molar-refractivity contribution in [3.8, 4) is 11.1 Å². The van der Waals surface area contributed by atoms with Gasteiger partial charge in [0.05, 0.1) is 13.3 Å². The highest BCUT2D eigenvalue weighted by Gasteiger charge is 2.17. The largest absolute Gasteiger partial charge is 0.465 e. The summed E-state index contributed by atoms with van der Waals surface area (Å²) in [5, 5.41) is 8.09. The Morgan fingerprint density at radius 2 is 2.25 bits per heavy atom. The molecule has 0 saturated heterocycles. The minimum Gasteiger partial charge on any atom is -0.465 e. The van der Waals surface area contributed by atoms with Crippen LogP contribution in [0.15, 0.2) is 36.7 Å². The minimum absolute atomic E-state index is 0.151. The van der Waals surface area contributed by atoms with E-state index < -0.39 is 5.97 Å². The molecule has 24 heavy (non-hydrogen) atoms. The first-order valence-corrected chi connectivity index (χ1v) is 8.32. The number of hydrogen-bond donors (Lipinski definition) is 1. The quantitative estimate of drug-likeness (QED) is 0.702. The van der Waals surface area contributed by atoms with Gasteiger partial charge in [-0.3, -0.25) is 4.68 Å². The van der Waals surface area contributed by atoms with Crippen LogP contribution < -0.4 is 5.32 Å². The van der Waals surface area contributed by atoms with Crippen LogP contribution >= 0.6 is 22.9 Å². The van der Waals surface area contributed by atoms with E-state index in [1.54, 1.807) is 4.68 Å². The second kappa shape index (κ2) is 7.02. The van der Waals surface area contributed by atoms with Gasteiger partial charge in [0, 0.05) is 25.4 Å². The van der Waals surface area contributed by atoms with Gasteiger partial charge < -0.3 is 10.1 Å². The third-order valence-corrected chi connectivity index (χ3v) is 4.74. The van der Waals surface area contributed by atoms with Crippen molar-refractivity contribution in [2.45, 2.75) is 6.54 Å². The fraction of sp³-hybridized carbons (Fsp3) is 0.188. The molecule has 6 nitrogen and oxygen atoms in total. The third-order valence-electron chi connectivity index (χ3n) is 3.37. The van der Waals surface area contributed by atoms with Crippen LogP contribution in [0.3, 0.4) is 0 Å². The maximum absolute atomic E-state index is 11.6. The van der Waals surface area contributed by atoms with Crippen LogP contribution in [0.2, 0.25) is 5.15 Å². The maximum atomic E-state index is 11.6. The van der Waals surface area contributed by atoms with Gasteiger partial charge in [0.15, 0.2) is 15.2 Å². The summed E-state index contributed by atoms with van der Waals surface area (Å²) < 4.78 is 6.44. The Balaban J connectivity index is 1.72. The molecule has 2 aromatic heterocycles. The molecule has 0 fully saturated rings. The average molecular weight is 363 g/mol. The zero-order valence-corrected chi connectivity index (χ0v) is 14.7. The van der Waals surface area contributed by atoms with E-state index in [0.29, 0.717) is 16.6 Å². The lowest BCUT2D eigenvalue weighted by Crippen LogP contribution is -1.99. The van der Waals surface area contributed by atoms with E-state index >= 15 is 0 Å². The first-order chi connectivity index (χ1) is 11.6. The van der Waals surface area contributed by atoms with Crippen LogP contribution in [0.25, 0.3) is 11.1 Å². The molecule has 0 amide bonds. The normalized spacial score (nSPS) is 10.6. The summed E-state index contributed by atoms with van der Waals surface area (Å²) in [5.41, 5.74) is 3.24. The van der Waals surface area contributed by atoms with Gasteiger partial charge in [-0.2, -0.15) is 5.10 Å². The summed E-state index contributed by atoms with van der Waals surface area (Å²) in [6, 6.07) is 8.13. The van der Waals surface area contributed by atoms with Gasteiger partial charge in [-0.05, 0) is 17.2 Å². The summed E-state index contributed by atoms with van der Waals surface area (Å²) >= 11 is 7.13. The zero-order valence-electron chi connectivity index (χ0n) is 13.1. The van der Waals surface area contributed by atoms with Gasteiger partial charge in [-0.1, -0.05) is 41.1 Å². The number of carbonyl (C=O) groups is 1. The molecular weight excluding hydrogens is 348 g/mol. The number of benzene rings is 1. The molecule has 0 unspecified atom stereocenters. The van der Waals surface area contributed by atoms with E-state index in [4.69, 9.17) is 11.6 Å². The number of esters is 1. The number of hydrogen-bond acceptors (Lipinski definition) is 6. The van der Waals surface area contributed by atoms with Crippen LogP contribution in [0.5, 0.6) is 0 Å². The van der Waals surface area contributed by atoms with Crippen molar-refractivity contribution in [1.29, 1.82) is 0 Å². The van der Waals surface area contributed by atoms with Gasteiger partial charge in [0.25, 0.3) is 0 Å². The number of thiazole rings is 1. The highest BCUT2D eigenvalue weighted by Crippen LogP contribution is 2.28. The number of ether oxygens (including phenoxy) is 1. The van der Waals surface area contributed by atoms with Crippen LogP contribution in [0.4, 0.5) is 5.13 Å². The van der Waals surface area contributed by atoms with E-state index in [-0.39, 0.29) is 5.15 Å². The van der Waals surface area contributed by atoms with Crippen molar-refractivity contribution in [2.75, 3.05) is 12.4 Å². The number of rotatable bonds is 5. The maximum Gasteiger partial charge on any atom is 0.351 e. The van der Waals surface area contributed by atoms with Gasteiger partial charge >= 0.3 is 5.97 Å². The van der Waals surface area contributed by atoms with Crippen molar-refractivity contribution in [2.24, 2.45) is 7.05 Å². The van der Waals surface area contributed by atoms with Crippen molar-refractivity contribution >= 4 is 34.0 Å². The average Bonchev–Trinajstić information content (AvgIpc) is 3.18. The van der Waals surface area contributed by atoms with Crippen LogP contribution in [0, 0.1) is 0 Å². The van der Waals surface area contributed by atoms with Gasteiger partial charge in [0.1, 0.15) is 0 Å². The summed E-state index contributed by atoms with van der Waals surface area (Å²) in [4.78, 5) is 16.0. The fourth-order valence-electron chi connectivity index (χ4n) is 2.20. The summed E-state index contributed by atoms with van der Waals surface area (Å²) in [5.74, 6) is -0.482. The molecule has 0 aliphatic rings. The van der Waals surface area contributed by atoms with E-state index in [1.165, 1.54) is 18.4 Å². The highest BCUT2D eigenvalue weighted by molar-refractivity contribution is 7.18. The smallest absolute Gasteiger partial charge is 0.351 e. The SMILES string of the molecule is COC(=O)c1sc(NCc2cccc(-c3cnn(C)c3)c2)nc1Cl. The Morgan fingerprint density at radius 1 is 1.42 bits per heavy atom. The van der Waals surface area contributed by atoms with E-state index in [2.05, 4.69) is 26.2 Å². The second-order valence-electron chi connectivity index (χ2n) is 5.09. The molecule has 0 saturated carbocycles. The number of methoxy groups -OCH3 is 1. The summed E-state index contributed by atoms with van der Waals surface area (Å²) in [6.45, 7) is 0.568. The van der Waals surface area contributed by atoms with Crippen molar-refractivity contribution in [1.82, 2.24) is 14.8 Å². The molecular formula is C16H15ClN4O2S. The topological polar surface area (TPSA) is 69.0 Å². The lowest BCUT2D eigenvalue weighted by molar-refractivity contribution is 0.0606. The van der Waals surface area contributed by atoms with Crippen molar-refractivity contribution in [3.05, 3.63) is 52.3 Å². The molecule has 0 radical (unpaired) electrons. The first-order valence-electron chi connectivity index (χ1n) is 7.13. The number of aryl methyl sites for hydroxylation is 1.